The number of carbonyl (C=O) groups is 13. The predicted molar refractivity (Wildman–Crippen MR) is 404 cm³/mol. The Kier molecular flexibility index (Phi) is 36.2. The van der Waals surface area contributed by atoms with Crippen molar-refractivity contribution in [3.8, 4) is 0 Å². The lowest BCUT2D eigenvalue weighted by Crippen LogP contribution is -2.61. The van der Waals surface area contributed by atoms with Crippen LogP contribution in [0.2, 0.25) is 0 Å². The largest absolute Gasteiger partial charge is 0.342 e. The molecule has 106 heavy (non-hydrogen) atoms. The van der Waals surface area contributed by atoms with Gasteiger partial charge in [-0.05, 0) is 105 Å². The second-order valence-electron chi connectivity index (χ2n) is 31.0. The summed E-state index contributed by atoms with van der Waals surface area (Å²) in [5, 5.41) is 11.4. The zero-order valence-electron chi connectivity index (χ0n) is 66.1. The van der Waals surface area contributed by atoms with Gasteiger partial charge in [0.05, 0.1) is 25.8 Å². The molecule has 0 spiro atoms. The second-order valence-corrected chi connectivity index (χ2v) is 32.7. The van der Waals surface area contributed by atoms with E-state index in [1.54, 1.807) is 79.4 Å². The Labute approximate surface area is 629 Å². The number of sulfonamides is 1. The number of rotatable bonds is 22. The van der Waals surface area contributed by atoms with Crippen molar-refractivity contribution >= 4 is 86.8 Å². The Morgan fingerprint density at radius 3 is 1.32 bits per heavy atom. The summed E-state index contributed by atoms with van der Waals surface area (Å²) in [5.74, 6) is -11.0. The molecule has 4 rings (SSSR count). The molecule has 0 saturated carbocycles. The first-order chi connectivity index (χ1) is 49.7. The van der Waals surface area contributed by atoms with Crippen LogP contribution in [0.4, 0.5) is 0 Å². The van der Waals surface area contributed by atoms with E-state index >= 15 is 43.2 Å². The SMILES string of the molecule is CCCCN1CC(=O)N(C)[C@@H](Cc2ccccc2)C(=O)N[C@@H](CCC(=O)NS(C)(=O)=O)C(=O)N(C)[C@@H](CC(C)C)C(=O)N[C@@H](CC(C)C)C(=O)N(C)CC(=O)N(C)[C@@H](Cc2ccccc2)C(=O)N(C)[C@@H](CC(C)C)C(=O)N[C@@H](CC(C)C)C(=O)N(C)[C@@H](CC(C)C)C(=O)N[C@H](C(=O)N2CCCCC2)CC1=O. The maximum absolute atomic E-state index is 15.4. The van der Waals surface area contributed by atoms with Crippen molar-refractivity contribution in [1.29, 1.82) is 0 Å². The Morgan fingerprint density at radius 2 is 0.868 bits per heavy atom. The highest BCUT2D eigenvalue weighted by atomic mass is 32.2. The van der Waals surface area contributed by atoms with Gasteiger partial charge in [0, 0.05) is 81.2 Å². The molecule has 2 fully saturated rings. The minimum atomic E-state index is -4.11. The molecule has 9 atom stereocenters. The molecule has 2 aromatic rings. The third-order valence-corrected chi connectivity index (χ3v) is 20.0. The van der Waals surface area contributed by atoms with Crippen LogP contribution in [0.3, 0.4) is 0 Å². The Morgan fingerprint density at radius 1 is 0.472 bits per heavy atom. The highest BCUT2D eigenvalue weighted by molar-refractivity contribution is 7.89. The van der Waals surface area contributed by atoms with E-state index in [-0.39, 0.29) is 81.1 Å². The van der Waals surface area contributed by atoms with Crippen molar-refractivity contribution < 1.29 is 70.7 Å². The van der Waals surface area contributed by atoms with Crippen LogP contribution < -0.4 is 26.0 Å². The molecule has 5 N–H and O–H groups in total. The van der Waals surface area contributed by atoms with Crippen LogP contribution >= 0.6 is 0 Å². The van der Waals surface area contributed by atoms with E-state index in [0.29, 0.717) is 49.9 Å². The topological polar surface area (TPSA) is 342 Å². The van der Waals surface area contributed by atoms with Gasteiger partial charge in [0.15, 0.2) is 0 Å². The lowest BCUT2D eigenvalue weighted by molar-refractivity contribution is -0.150. The van der Waals surface area contributed by atoms with Gasteiger partial charge in [-0.15, -0.1) is 0 Å². The van der Waals surface area contributed by atoms with Crippen LogP contribution in [-0.2, 0) is 85.2 Å². The summed E-state index contributed by atoms with van der Waals surface area (Å²) >= 11 is 0. The van der Waals surface area contributed by atoms with E-state index in [9.17, 15) is 27.6 Å². The zero-order valence-corrected chi connectivity index (χ0v) is 66.9. The van der Waals surface area contributed by atoms with E-state index in [4.69, 9.17) is 0 Å². The zero-order chi connectivity index (χ0) is 79.6. The smallest absolute Gasteiger partial charge is 0.246 e. The van der Waals surface area contributed by atoms with Crippen LogP contribution in [0.5, 0.6) is 0 Å². The maximum Gasteiger partial charge on any atom is 0.246 e. The monoisotopic (exact) mass is 1500 g/mol. The van der Waals surface area contributed by atoms with Crippen molar-refractivity contribution in [3.63, 3.8) is 0 Å². The highest BCUT2D eigenvalue weighted by Gasteiger charge is 2.43. The molecule has 2 saturated heterocycles. The summed E-state index contributed by atoms with van der Waals surface area (Å²) in [7, 11) is 4.22. The molecular weight excluding hydrogens is 1380 g/mol. The van der Waals surface area contributed by atoms with E-state index in [1.165, 1.54) is 61.9 Å². The summed E-state index contributed by atoms with van der Waals surface area (Å²) < 4.78 is 26.5. The van der Waals surface area contributed by atoms with Gasteiger partial charge in [-0.2, -0.15) is 0 Å². The van der Waals surface area contributed by atoms with Gasteiger partial charge in [-0.1, -0.05) is 143 Å². The molecule has 0 aromatic heterocycles. The van der Waals surface area contributed by atoms with Crippen molar-refractivity contribution in [2.45, 2.75) is 227 Å². The van der Waals surface area contributed by atoms with Gasteiger partial charge < -0.3 is 60.5 Å². The van der Waals surface area contributed by atoms with Gasteiger partial charge >= 0.3 is 0 Å². The number of hydrogen-bond donors (Lipinski definition) is 5. The molecule has 29 heteroatoms. The third kappa shape index (κ3) is 28.3. The number of piperidine rings is 1. The first-order valence-corrected chi connectivity index (χ1v) is 39.5. The first kappa shape index (κ1) is 89.9. The van der Waals surface area contributed by atoms with Crippen molar-refractivity contribution in [3.05, 3.63) is 71.8 Å². The molecule has 592 valence electrons. The Bertz CT molecular complexity index is 3420. The third-order valence-electron chi connectivity index (χ3n) is 19.4. The number of amides is 13. The minimum absolute atomic E-state index is 0.00116. The fourth-order valence-electron chi connectivity index (χ4n) is 13.3. The van der Waals surface area contributed by atoms with Crippen LogP contribution in [0, 0.1) is 29.6 Å². The van der Waals surface area contributed by atoms with E-state index in [2.05, 4.69) is 21.3 Å². The number of hydrogen-bond acceptors (Lipinski definition) is 15. The fourth-order valence-corrected chi connectivity index (χ4v) is 13.8. The minimum Gasteiger partial charge on any atom is -0.342 e. The van der Waals surface area contributed by atoms with Gasteiger partial charge in [0.2, 0.25) is 86.8 Å². The predicted octanol–water partition coefficient (Wildman–Crippen LogP) is 4.14. The molecular formula is C77H123N13O15S. The number of likely N-dealkylation sites (N-methyl/N-ethyl adjacent to an activating group) is 6. The molecule has 2 aromatic carbocycles. The van der Waals surface area contributed by atoms with Gasteiger partial charge in [0.25, 0.3) is 0 Å². The average Bonchev–Trinajstić information content (AvgIpc) is 0.825. The molecule has 28 nitrogen and oxygen atoms in total. The van der Waals surface area contributed by atoms with Crippen molar-refractivity contribution in [2.75, 3.05) is 81.3 Å². The van der Waals surface area contributed by atoms with Crippen LogP contribution in [0.1, 0.15) is 171 Å². The lowest BCUT2D eigenvalue weighted by atomic mass is 9.96. The fraction of sp³-hybridized carbons (Fsp3) is 0.675. The average molecular weight is 1500 g/mol. The van der Waals surface area contributed by atoms with Crippen LogP contribution in [0.15, 0.2) is 60.7 Å². The van der Waals surface area contributed by atoms with Crippen LogP contribution in [0.25, 0.3) is 0 Å². The Hall–Kier alpha value is -8.50. The summed E-state index contributed by atoms with van der Waals surface area (Å²) in [6.45, 7) is 19.7. The molecule has 0 aliphatic carbocycles. The normalized spacial score (nSPS) is 23.4. The molecule has 2 heterocycles. The summed E-state index contributed by atoms with van der Waals surface area (Å²) in [4.78, 5) is 205. The quantitative estimate of drug-likeness (QED) is 0.111. The van der Waals surface area contributed by atoms with Crippen molar-refractivity contribution in [1.82, 2.24) is 65.2 Å². The molecule has 0 radical (unpaired) electrons. The highest BCUT2D eigenvalue weighted by Crippen LogP contribution is 2.24. The van der Waals surface area contributed by atoms with Gasteiger partial charge in [-0.3, -0.25) is 67.1 Å². The molecule has 0 unspecified atom stereocenters. The summed E-state index contributed by atoms with van der Waals surface area (Å²) in [5.41, 5.74) is 1.22. The number of benzene rings is 2. The van der Waals surface area contributed by atoms with Gasteiger partial charge in [-0.25, -0.2) is 8.42 Å². The number of nitrogens with one attached hydrogen (secondary N) is 5. The molecule has 2 aliphatic rings. The van der Waals surface area contributed by atoms with Gasteiger partial charge in [0.1, 0.15) is 54.4 Å². The van der Waals surface area contributed by atoms with E-state index in [1.807, 2.05) is 67.0 Å². The lowest BCUT2D eigenvalue weighted by Gasteiger charge is -2.37. The summed E-state index contributed by atoms with van der Waals surface area (Å²) in [6.07, 6.45) is 2.17. The first-order valence-electron chi connectivity index (χ1n) is 37.6. The van der Waals surface area contributed by atoms with E-state index in [0.717, 1.165) is 27.4 Å². The molecule has 2 aliphatic heterocycles. The number of nitrogens with zero attached hydrogens (tertiary/aromatic N) is 8. The number of unbranched alkanes of at least 4 members (excludes halogenated alkanes) is 1. The Balaban J connectivity index is 2.03. The standard InChI is InChI=1S/C77H123N13O15S/c1-19-20-36-90-48-68(94)84(13)63(44-54-30-24-21-25-31-54)72(98)78-56(34-35-65(91)82-106(18,104)105)74(100)86(15)60(41-51(6)7)69(95)79-57(39-49(2)3)73(99)83(12)47-67(93)85(14)64(45-55-32-26-22-27-33-55)77(103)88(17)62(43-53(10)11)71(97)80-58(40-50(4)5)75(101)87(16)61(42-52(8)9)70(96)81-59(46-66(90)92)76(102)89-37-28-23-29-38-89/h21-22,24-27,30-33,49-53,56-64H,19-20,23,28-29,34-48H2,1-18H3,(H,78,98)(H,79,95)(H,80,97)(H,81,96)(H,82,91)/t56-,57-,58-,59-,60-,61-,62-,63-,64-/m0/s1. The number of likely N-dealkylation sites (tertiary alicyclic amines) is 1. The molecule has 0 bridgehead atoms. The number of carbonyl (C=O) groups excluding carboxylic acids is 13. The molecule has 13 amide bonds. The van der Waals surface area contributed by atoms with E-state index < -0.39 is 174 Å². The maximum atomic E-state index is 15.4. The van der Waals surface area contributed by atoms with Crippen LogP contribution in [-0.4, -0.2) is 260 Å². The second kappa shape index (κ2) is 42.7. The summed E-state index contributed by atoms with van der Waals surface area (Å²) in [6, 6.07) is 5.16. The van der Waals surface area contributed by atoms with Crippen molar-refractivity contribution in [2.24, 2.45) is 29.6 Å².